The Balaban J connectivity index is 3.86. The van der Waals surface area contributed by atoms with Gasteiger partial charge in [0.2, 0.25) is 0 Å². The molecule has 0 fully saturated rings. The number of unbranched alkanes of at least 4 members (excludes halogenated alkanes) is 9. The fraction of sp³-hybridized carbons (Fsp3) is 0.960. The van der Waals surface area contributed by atoms with Gasteiger partial charge in [-0.3, -0.25) is 4.79 Å². The monoisotopic (exact) mass is 430 g/mol. The van der Waals surface area contributed by atoms with E-state index < -0.39 is 24.1 Å². The van der Waals surface area contributed by atoms with Gasteiger partial charge in [0.25, 0.3) is 0 Å². The van der Waals surface area contributed by atoms with E-state index in [9.17, 15) is 25.2 Å². The minimum absolute atomic E-state index is 0.205. The molecule has 0 aromatic rings. The lowest BCUT2D eigenvalue weighted by Gasteiger charge is -2.20. The number of aliphatic carboxylic acids is 1. The Hall–Kier alpha value is -0.650. The van der Waals surface area contributed by atoms with E-state index in [1.54, 1.807) is 0 Å². The second-order valence-corrected chi connectivity index (χ2v) is 9.09. The van der Waals surface area contributed by atoms with Crippen LogP contribution >= 0.6 is 0 Å². The van der Waals surface area contributed by atoms with Crippen molar-refractivity contribution in [3.63, 3.8) is 0 Å². The molecule has 0 saturated carbocycles. The zero-order chi connectivity index (χ0) is 22.6. The van der Waals surface area contributed by atoms with E-state index in [0.29, 0.717) is 19.3 Å². The molecule has 4 N–H and O–H groups in total. The van der Waals surface area contributed by atoms with Gasteiger partial charge in [0.15, 0.2) is 0 Å². The summed E-state index contributed by atoms with van der Waals surface area (Å²) in [4.78, 5) is 11.5. The van der Waals surface area contributed by atoms with Crippen molar-refractivity contribution in [2.45, 2.75) is 148 Å². The van der Waals surface area contributed by atoms with Crippen molar-refractivity contribution in [2.24, 2.45) is 5.92 Å². The van der Waals surface area contributed by atoms with Crippen molar-refractivity contribution >= 4 is 5.97 Å². The second-order valence-electron chi connectivity index (χ2n) is 9.09. The average Bonchev–Trinajstić information content (AvgIpc) is 2.71. The zero-order valence-corrected chi connectivity index (χ0v) is 19.7. The average molecular weight is 431 g/mol. The van der Waals surface area contributed by atoms with Crippen LogP contribution in [0.15, 0.2) is 0 Å². The van der Waals surface area contributed by atoms with Crippen LogP contribution in [0.5, 0.6) is 0 Å². The first-order chi connectivity index (χ1) is 14.4. The standard InChI is InChI=1S/C25H50O5/c1-3-5-7-8-12-16-21(26)17-13-9-10-14-18-23(25(29)30)24(28)20-19-22(27)15-11-6-4-2/h21-24,26-28H,3-20H2,1-2H3,(H,29,30)/t21-,22+,23-,24+/m0/s1. The van der Waals surface area contributed by atoms with Crippen LogP contribution in [0, 0.1) is 5.92 Å². The predicted molar refractivity (Wildman–Crippen MR) is 124 cm³/mol. The van der Waals surface area contributed by atoms with Gasteiger partial charge in [-0.05, 0) is 38.5 Å². The lowest BCUT2D eigenvalue weighted by atomic mass is 9.91. The van der Waals surface area contributed by atoms with E-state index in [4.69, 9.17) is 0 Å². The number of rotatable bonds is 22. The summed E-state index contributed by atoms with van der Waals surface area (Å²) in [6.07, 6.45) is 15.1. The highest BCUT2D eigenvalue weighted by molar-refractivity contribution is 5.70. The molecule has 5 heteroatoms. The summed E-state index contributed by atoms with van der Waals surface area (Å²) in [6, 6.07) is 0. The molecule has 0 aliphatic carbocycles. The minimum Gasteiger partial charge on any atom is -0.481 e. The minimum atomic E-state index is -0.943. The van der Waals surface area contributed by atoms with Crippen molar-refractivity contribution in [3.05, 3.63) is 0 Å². The third kappa shape index (κ3) is 17.1. The third-order valence-electron chi connectivity index (χ3n) is 6.16. The lowest BCUT2D eigenvalue weighted by Crippen LogP contribution is -2.29. The van der Waals surface area contributed by atoms with Crippen molar-refractivity contribution in [3.8, 4) is 0 Å². The number of carbonyl (C=O) groups is 1. The second kappa shape index (κ2) is 20.3. The van der Waals surface area contributed by atoms with Crippen LogP contribution in [-0.4, -0.2) is 44.7 Å². The Morgan fingerprint density at radius 3 is 1.47 bits per heavy atom. The number of aliphatic hydroxyl groups is 3. The number of carboxylic acids is 1. The summed E-state index contributed by atoms with van der Waals surface area (Å²) in [5, 5.41) is 39.7. The van der Waals surface area contributed by atoms with Crippen LogP contribution in [0.2, 0.25) is 0 Å². The molecule has 0 bridgehead atoms. The molecule has 0 saturated heterocycles. The maximum atomic E-state index is 11.5. The molecule has 180 valence electrons. The molecule has 0 spiro atoms. The Kier molecular flexibility index (Phi) is 19.8. The number of hydrogen-bond acceptors (Lipinski definition) is 4. The van der Waals surface area contributed by atoms with Crippen LogP contribution in [0.4, 0.5) is 0 Å². The molecule has 0 unspecified atom stereocenters. The van der Waals surface area contributed by atoms with Crippen LogP contribution in [0.1, 0.15) is 129 Å². The fourth-order valence-corrected chi connectivity index (χ4v) is 4.04. The normalized spacial score (nSPS) is 15.6. The molecule has 0 amide bonds. The highest BCUT2D eigenvalue weighted by Gasteiger charge is 2.26. The van der Waals surface area contributed by atoms with E-state index in [2.05, 4.69) is 13.8 Å². The van der Waals surface area contributed by atoms with E-state index in [-0.39, 0.29) is 6.10 Å². The molecule has 4 atom stereocenters. The highest BCUT2D eigenvalue weighted by Crippen LogP contribution is 2.21. The van der Waals surface area contributed by atoms with Crippen LogP contribution in [0.25, 0.3) is 0 Å². The number of carboxylic acid groups (broad SMARTS) is 1. The SMILES string of the molecule is CCCCCCC[C@H](O)CCCCCC[C@H](C(=O)O)[C@H](O)CC[C@H](O)CCCCC. The molecule has 0 radical (unpaired) electrons. The first-order valence-electron chi connectivity index (χ1n) is 12.7. The molecular formula is C25H50O5. The molecule has 0 aromatic carbocycles. The molecule has 0 rings (SSSR count). The Morgan fingerprint density at radius 2 is 0.967 bits per heavy atom. The Morgan fingerprint density at radius 1 is 0.567 bits per heavy atom. The summed E-state index contributed by atoms with van der Waals surface area (Å²) in [5.41, 5.74) is 0. The van der Waals surface area contributed by atoms with Gasteiger partial charge in [-0.2, -0.15) is 0 Å². The molecule has 30 heavy (non-hydrogen) atoms. The zero-order valence-electron chi connectivity index (χ0n) is 19.7. The van der Waals surface area contributed by atoms with Gasteiger partial charge in [-0.1, -0.05) is 90.9 Å². The summed E-state index contributed by atoms with van der Waals surface area (Å²) in [6.45, 7) is 4.32. The summed E-state index contributed by atoms with van der Waals surface area (Å²) >= 11 is 0. The largest absolute Gasteiger partial charge is 0.481 e. The first-order valence-corrected chi connectivity index (χ1v) is 12.7. The van der Waals surface area contributed by atoms with E-state index in [1.165, 1.54) is 25.7 Å². The van der Waals surface area contributed by atoms with Gasteiger partial charge >= 0.3 is 5.97 Å². The number of hydrogen-bond donors (Lipinski definition) is 4. The molecule has 0 aliphatic rings. The van der Waals surface area contributed by atoms with E-state index >= 15 is 0 Å². The first kappa shape index (κ1) is 29.4. The summed E-state index contributed by atoms with van der Waals surface area (Å²) < 4.78 is 0. The van der Waals surface area contributed by atoms with Crippen molar-refractivity contribution < 1.29 is 25.2 Å². The van der Waals surface area contributed by atoms with E-state index in [0.717, 1.165) is 70.6 Å². The molecule has 0 heterocycles. The van der Waals surface area contributed by atoms with Gasteiger partial charge in [0.1, 0.15) is 0 Å². The molecular weight excluding hydrogens is 380 g/mol. The smallest absolute Gasteiger partial charge is 0.309 e. The topological polar surface area (TPSA) is 98.0 Å². The van der Waals surface area contributed by atoms with Gasteiger partial charge in [-0.15, -0.1) is 0 Å². The summed E-state index contributed by atoms with van der Waals surface area (Å²) in [7, 11) is 0. The van der Waals surface area contributed by atoms with E-state index in [1.807, 2.05) is 0 Å². The Labute approximate surface area is 185 Å². The number of aliphatic hydroxyl groups excluding tert-OH is 3. The molecule has 5 nitrogen and oxygen atoms in total. The van der Waals surface area contributed by atoms with Crippen LogP contribution < -0.4 is 0 Å². The van der Waals surface area contributed by atoms with Gasteiger partial charge < -0.3 is 20.4 Å². The van der Waals surface area contributed by atoms with Gasteiger partial charge in [0.05, 0.1) is 24.2 Å². The van der Waals surface area contributed by atoms with Crippen molar-refractivity contribution in [1.29, 1.82) is 0 Å². The lowest BCUT2D eigenvalue weighted by molar-refractivity contribution is -0.146. The maximum Gasteiger partial charge on any atom is 0.309 e. The van der Waals surface area contributed by atoms with Gasteiger partial charge in [0, 0.05) is 0 Å². The van der Waals surface area contributed by atoms with Crippen LogP contribution in [-0.2, 0) is 4.79 Å². The van der Waals surface area contributed by atoms with Crippen LogP contribution in [0.3, 0.4) is 0 Å². The quantitative estimate of drug-likeness (QED) is 0.162. The predicted octanol–water partition coefficient (Wildman–Crippen LogP) is 5.83. The van der Waals surface area contributed by atoms with Gasteiger partial charge in [-0.25, -0.2) is 0 Å². The third-order valence-corrected chi connectivity index (χ3v) is 6.16. The highest BCUT2D eigenvalue weighted by atomic mass is 16.4. The maximum absolute atomic E-state index is 11.5. The molecule has 0 aliphatic heterocycles. The molecule has 0 aromatic heterocycles. The van der Waals surface area contributed by atoms with Crippen molar-refractivity contribution in [2.75, 3.05) is 0 Å². The fourth-order valence-electron chi connectivity index (χ4n) is 4.04. The Bertz CT molecular complexity index is 388. The summed E-state index contributed by atoms with van der Waals surface area (Å²) in [5.74, 6) is -1.69. The van der Waals surface area contributed by atoms with Crippen molar-refractivity contribution in [1.82, 2.24) is 0 Å².